The summed E-state index contributed by atoms with van der Waals surface area (Å²) >= 11 is 0. The van der Waals surface area contributed by atoms with E-state index in [-0.39, 0.29) is 44.0 Å². The molecule has 0 saturated heterocycles. The monoisotopic (exact) mass is 272 g/mol. The molecular weight excluding hydrogens is 252 g/mol. The molecule has 0 amide bonds. The van der Waals surface area contributed by atoms with E-state index >= 15 is 0 Å². The van der Waals surface area contributed by atoms with Crippen molar-refractivity contribution >= 4 is 17.5 Å². The normalized spacial score (nSPS) is 17.0. The van der Waals surface area contributed by atoms with Gasteiger partial charge in [0.05, 0.1) is 18.6 Å². The highest BCUT2D eigenvalue weighted by Crippen LogP contribution is 2.16. The molecule has 0 atom stereocenters. The van der Waals surface area contributed by atoms with Crippen LogP contribution in [0.3, 0.4) is 0 Å². The van der Waals surface area contributed by atoms with Crippen molar-refractivity contribution in [1.82, 2.24) is 0 Å². The number of ketones is 2. The Morgan fingerprint density at radius 2 is 1.89 bits per heavy atom. The third kappa shape index (κ3) is 5.08. The predicted octanol–water partition coefficient (Wildman–Crippen LogP) is 0.398. The van der Waals surface area contributed by atoms with Gasteiger partial charge in [-0.15, -0.1) is 0 Å². The Labute approximate surface area is 112 Å². The van der Waals surface area contributed by atoms with Crippen molar-refractivity contribution in [3.63, 3.8) is 0 Å². The van der Waals surface area contributed by atoms with Crippen LogP contribution < -0.4 is 0 Å². The molecule has 6 nitrogen and oxygen atoms in total. The van der Waals surface area contributed by atoms with E-state index in [1.807, 2.05) is 0 Å². The van der Waals surface area contributed by atoms with E-state index in [9.17, 15) is 14.4 Å². The van der Waals surface area contributed by atoms with E-state index in [4.69, 9.17) is 14.6 Å². The summed E-state index contributed by atoms with van der Waals surface area (Å²) in [6.07, 6.45) is -0.473. The van der Waals surface area contributed by atoms with Crippen molar-refractivity contribution in [1.29, 1.82) is 0 Å². The van der Waals surface area contributed by atoms with Gasteiger partial charge in [-0.2, -0.15) is 0 Å². The van der Waals surface area contributed by atoms with Crippen LogP contribution in [-0.4, -0.2) is 47.6 Å². The van der Waals surface area contributed by atoms with Crippen molar-refractivity contribution in [2.45, 2.75) is 51.2 Å². The molecule has 0 spiro atoms. The first-order valence-corrected chi connectivity index (χ1v) is 6.35. The number of carbonyl (C=O) groups excluding carboxylic acids is 3. The Balaban J connectivity index is 2.29. The molecule has 1 saturated carbocycles. The molecule has 1 aliphatic rings. The Hall–Kier alpha value is -1.27. The average molecular weight is 272 g/mol. The van der Waals surface area contributed by atoms with E-state index in [0.29, 0.717) is 6.42 Å². The zero-order valence-electron chi connectivity index (χ0n) is 11.3. The predicted molar refractivity (Wildman–Crippen MR) is 65.5 cm³/mol. The van der Waals surface area contributed by atoms with Crippen LogP contribution in [0.5, 0.6) is 0 Å². The fraction of sp³-hybridized carbons (Fsp3) is 0.769. The number of aliphatic hydroxyl groups is 1. The molecule has 0 radical (unpaired) electrons. The first-order chi connectivity index (χ1) is 8.85. The van der Waals surface area contributed by atoms with Crippen LogP contribution in [0, 0.1) is 0 Å². The summed E-state index contributed by atoms with van der Waals surface area (Å²) in [5.74, 6) is -1.28. The molecule has 0 aromatic rings. The number of carbonyl (C=O) groups is 3. The highest BCUT2D eigenvalue weighted by atomic mass is 16.6. The van der Waals surface area contributed by atoms with Gasteiger partial charge in [-0.05, 0) is 20.3 Å². The number of hydrogen-bond donors (Lipinski definition) is 1. The Morgan fingerprint density at radius 3 is 2.42 bits per heavy atom. The molecule has 1 aliphatic carbocycles. The van der Waals surface area contributed by atoms with Crippen LogP contribution in [0.25, 0.3) is 0 Å². The van der Waals surface area contributed by atoms with E-state index in [2.05, 4.69) is 0 Å². The van der Waals surface area contributed by atoms with Gasteiger partial charge in [0.1, 0.15) is 0 Å². The summed E-state index contributed by atoms with van der Waals surface area (Å²) in [6.45, 7) is 3.74. The third-order valence-electron chi connectivity index (χ3n) is 2.96. The quantitative estimate of drug-likeness (QED) is 0.533. The van der Waals surface area contributed by atoms with Crippen LogP contribution in [0.4, 0.5) is 0 Å². The lowest BCUT2D eigenvalue weighted by molar-refractivity contribution is -0.159. The molecule has 0 unspecified atom stereocenters. The molecule has 19 heavy (non-hydrogen) atoms. The van der Waals surface area contributed by atoms with E-state index in [1.165, 1.54) is 0 Å². The summed E-state index contributed by atoms with van der Waals surface area (Å²) in [6, 6.07) is 0. The summed E-state index contributed by atoms with van der Waals surface area (Å²) in [7, 11) is 0. The van der Waals surface area contributed by atoms with Crippen LogP contribution in [-0.2, 0) is 23.9 Å². The summed E-state index contributed by atoms with van der Waals surface area (Å²) in [5.41, 5.74) is -0.520. The lowest BCUT2D eigenvalue weighted by Gasteiger charge is -2.24. The zero-order chi connectivity index (χ0) is 14.5. The highest BCUT2D eigenvalue weighted by Gasteiger charge is 2.36. The molecule has 6 heteroatoms. The van der Waals surface area contributed by atoms with E-state index < -0.39 is 17.7 Å². The molecule has 0 aliphatic heterocycles. The van der Waals surface area contributed by atoms with Crippen molar-refractivity contribution in [2.75, 3.05) is 13.2 Å². The number of hydrogen-bond acceptors (Lipinski definition) is 6. The first-order valence-electron chi connectivity index (χ1n) is 6.35. The molecule has 1 fully saturated rings. The minimum absolute atomic E-state index is 0.00250. The third-order valence-corrected chi connectivity index (χ3v) is 2.96. The van der Waals surface area contributed by atoms with Gasteiger partial charge in [-0.25, -0.2) is 0 Å². The second-order valence-electron chi connectivity index (χ2n) is 5.13. The topological polar surface area (TPSA) is 89.9 Å². The first kappa shape index (κ1) is 15.8. The molecular formula is C13H20O6. The fourth-order valence-electron chi connectivity index (χ4n) is 1.76. The van der Waals surface area contributed by atoms with Gasteiger partial charge < -0.3 is 14.6 Å². The lowest BCUT2D eigenvalue weighted by atomic mass is 10.1. The molecule has 0 heterocycles. The second-order valence-corrected chi connectivity index (χ2v) is 5.13. The van der Waals surface area contributed by atoms with Gasteiger partial charge in [-0.1, -0.05) is 0 Å². The number of esters is 1. The van der Waals surface area contributed by atoms with Gasteiger partial charge >= 0.3 is 5.97 Å². The smallest absolute Gasteiger partial charge is 0.309 e. The molecule has 0 aromatic heterocycles. The van der Waals surface area contributed by atoms with Gasteiger partial charge in [0.25, 0.3) is 0 Å². The van der Waals surface area contributed by atoms with Gasteiger partial charge in [-0.3, -0.25) is 14.4 Å². The lowest BCUT2D eigenvalue weighted by Crippen LogP contribution is -2.30. The summed E-state index contributed by atoms with van der Waals surface area (Å²) < 4.78 is 10.3. The van der Waals surface area contributed by atoms with E-state index in [0.717, 1.165) is 0 Å². The average Bonchev–Trinajstić information content (AvgIpc) is 2.60. The SMILES string of the molecule is CC(C)(CCO)OCCC(=O)OC1C(=O)CCC1=O. The molecule has 1 N–H and O–H groups in total. The molecule has 1 rings (SSSR count). The summed E-state index contributed by atoms with van der Waals surface area (Å²) in [5, 5.41) is 8.81. The maximum absolute atomic E-state index is 11.5. The Morgan fingerprint density at radius 1 is 1.32 bits per heavy atom. The fourth-order valence-corrected chi connectivity index (χ4v) is 1.76. The molecule has 0 bridgehead atoms. The number of Topliss-reactive ketones (excluding diaryl/α,β-unsaturated/α-hetero) is 2. The maximum atomic E-state index is 11.5. The highest BCUT2D eigenvalue weighted by molar-refractivity contribution is 6.12. The molecule has 0 aromatic carbocycles. The zero-order valence-corrected chi connectivity index (χ0v) is 11.3. The number of aliphatic hydroxyl groups excluding tert-OH is 1. The second kappa shape index (κ2) is 6.77. The van der Waals surface area contributed by atoms with Gasteiger partial charge in [0.15, 0.2) is 11.6 Å². The van der Waals surface area contributed by atoms with Crippen LogP contribution in [0.2, 0.25) is 0 Å². The van der Waals surface area contributed by atoms with Gasteiger partial charge in [0, 0.05) is 19.4 Å². The number of ether oxygens (including phenoxy) is 2. The van der Waals surface area contributed by atoms with Crippen molar-refractivity contribution in [3.8, 4) is 0 Å². The summed E-state index contributed by atoms with van der Waals surface area (Å²) in [4.78, 5) is 34.0. The maximum Gasteiger partial charge on any atom is 0.309 e. The van der Waals surface area contributed by atoms with Crippen LogP contribution >= 0.6 is 0 Å². The minimum Gasteiger partial charge on any atom is -0.446 e. The minimum atomic E-state index is -1.21. The van der Waals surface area contributed by atoms with Crippen LogP contribution in [0.1, 0.15) is 39.5 Å². The van der Waals surface area contributed by atoms with Gasteiger partial charge in [0.2, 0.25) is 6.10 Å². The van der Waals surface area contributed by atoms with Crippen molar-refractivity contribution in [2.24, 2.45) is 0 Å². The van der Waals surface area contributed by atoms with Crippen molar-refractivity contribution in [3.05, 3.63) is 0 Å². The van der Waals surface area contributed by atoms with Crippen molar-refractivity contribution < 1.29 is 29.0 Å². The number of rotatable bonds is 7. The Kier molecular flexibility index (Phi) is 5.62. The largest absolute Gasteiger partial charge is 0.446 e. The van der Waals surface area contributed by atoms with Crippen LogP contribution in [0.15, 0.2) is 0 Å². The standard InChI is InChI=1S/C13H20O6/c1-13(2,6-7-14)18-8-5-11(17)19-12-9(15)3-4-10(12)16/h12,14H,3-8H2,1-2H3. The van der Waals surface area contributed by atoms with E-state index in [1.54, 1.807) is 13.8 Å². The Bertz CT molecular complexity index is 344. The molecule has 108 valence electrons.